The maximum absolute atomic E-state index is 4.64. The topological polar surface area (TPSA) is 24.9 Å². The fourth-order valence-corrected chi connectivity index (χ4v) is 3.79. The van der Waals surface area contributed by atoms with E-state index in [0.717, 1.165) is 19.0 Å². The third-order valence-corrected chi connectivity index (χ3v) is 5.11. The molecule has 19 heavy (non-hydrogen) atoms. The first-order chi connectivity index (χ1) is 9.29. The number of rotatable bonds is 7. The number of nitrogens with one attached hydrogen (secondary N) is 1. The molecule has 0 atom stereocenters. The molecule has 2 rings (SSSR count). The lowest BCUT2D eigenvalue weighted by Gasteiger charge is -2.11. The van der Waals surface area contributed by atoms with Gasteiger partial charge in [-0.3, -0.25) is 0 Å². The van der Waals surface area contributed by atoms with E-state index >= 15 is 0 Å². The van der Waals surface area contributed by atoms with Gasteiger partial charge in [-0.15, -0.1) is 11.8 Å². The van der Waals surface area contributed by atoms with E-state index in [1.165, 1.54) is 54.0 Å². The summed E-state index contributed by atoms with van der Waals surface area (Å²) in [7, 11) is 0. The summed E-state index contributed by atoms with van der Waals surface area (Å²) >= 11 is 1.95. The molecule has 1 saturated carbocycles. The Hall–Kier alpha value is -0.540. The van der Waals surface area contributed by atoms with Gasteiger partial charge in [-0.2, -0.15) is 0 Å². The number of aromatic nitrogens is 1. The molecule has 0 unspecified atom stereocenters. The number of thioether (sulfide) groups is 1. The van der Waals surface area contributed by atoms with Gasteiger partial charge in [0.05, 0.1) is 5.03 Å². The molecule has 0 aromatic carbocycles. The first-order valence-corrected chi connectivity index (χ1v) is 8.57. The van der Waals surface area contributed by atoms with Crippen LogP contribution in [0.25, 0.3) is 0 Å². The number of aryl methyl sites for hydroxylation is 1. The van der Waals surface area contributed by atoms with Gasteiger partial charge in [-0.05, 0) is 49.8 Å². The van der Waals surface area contributed by atoms with E-state index in [1.807, 2.05) is 18.0 Å². The van der Waals surface area contributed by atoms with Gasteiger partial charge in [0.2, 0.25) is 0 Å². The Balaban J connectivity index is 1.83. The molecular formula is C16H26N2S. The summed E-state index contributed by atoms with van der Waals surface area (Å²) in [6.45, 7) is 6.40. The van der Waals surface area contributed by atoms with Crippen molar-refractivity contribution in [2.75, 3.05) is 12.3 Å². The molecule has 0 bridgehead atoms. The van der Waals surface area contributed by atoms with Crippen LogP contribution in [0.5, 0.6) is 0 Å². The van der Waals surface area contributed by atoms with Crippen molar-refractivity contribution in [1.29, 1.82) is 0 Å². The predicted molar refractivity (Wildman–Crippen MR) is 83.7 cm³/mol. The van der Waals surface area contributed by atoms with Crippen LogP contribution in [-0.2, 0) is 6.54 Å². The molecule has 3 heteroatoms. The van der Waals surface area contributed by atoms with E-state index in [9.17, 15) is 0 Å². The molecule has 1 aromatic rings. The smallest absolute Gasteiger partial charge is 0.0989 e. The number of hydrogen-bond donors (Lipinski definition) is 1. The zero-order valence-corrected chi connectivity index (χ0v) is 13.1. The summed E-state index contributed by atoms with van der Waals surface area (Å²) in [4.78, 5) is 4.64. The molecular weight excluding hydrogens is 252 g/mol. The third-order valence-electron chi connectivity index (χ3n) is 3.77. The van der Waals surface area contributed by atoms with E-state index in [-0.39, 0.29) is 0 Å². The highest BCUT2D eigenvalue weighted by Gasteiger charge is 2.15. The van der Waals surface area contributed by atoms with E-state index < -0.39 is 0 Å². The van der Waals surface area contributed by atoms with Crippen molar-refractivity contribution < 1.29 is 0 Å². The van der Waals surface area contributed by atoms with Gasteiger partial charge in [0.25, 0.3) is 0 Å². The summed E-state index contributed by atoms with van der Waals surface area (Å²) in [6, 6.07) is 2.28. The van der Waals surface area contributed by atoms with Crippen LogP contribution in [0, 0.1) is 12.8 Å². The van der Waals surface area contributed by atoms with Crippen LogP contribution in [0.4, 0.5) is 0 Å². The van der Waals surface area contributed by atoms with Crippen molar-refractivity contribution in [2.24, 2.45) is 5.92 Å². The molecule has 1 N–H and O–H groups in total. The molecule has 1 aliphatic rings. The fraction of sp³-hybridized carbons (Fsp3) is 0.688. The average molecular weight is 278 g/mol. The average Bonchev–Trinajstić information content (AvgIpc) is 2.91. The number of nitrogens with zero attached hydrogens (tertiary/aromatic N) is 1. The van der Waals surface area contributed by atoms with Gasteiger partial charge in [0, 0.05) is 18.5 Å². The molecule has 0 saturated heterocycles. The Kier molecular flexibility index (Phi) is 6.18. The molecule has 106 valence electrons. The van der Waals surface area contributed by atoms with Crippen LogP contribution in [0.1, 0.15) is 50.2 Å². The molecule has 0 aliphatic heterocycles. The second-order valence-electron chi connectivity index (χ2n) is 5.60. The maximum Gasteiger partial charge on any atom is 0.0989 e. The van der Waals surface area contributed by atoms with Crippen molar-refractivity contribution >= 4 is 11.8 Å². The lowest BCUT2D eigenvalue weighted by molar-refractivity contribution is 0.622. The zero-order chi connectivity index (χ0) is 13.5. The van der Waals surface area contributed by atoms with Crippen LogP contribution < -0.4 is 5.32 Å². The van der Waals surface area contributed by atoms with Crippen LogP contribution in [0.15, 0.2) is 17.3 Å². The summed E-state index contributed by atoms with van der Waals surface area (Å²) in [5.41, 5.74) is 2.63. The maximum atomic E-state index is 4.64. The van der Waals surface area contributed by atoms with Gasteiger partial charge >= 0.3 is 0 Å². The van der Waals surface area contributed by atoms with Gasteiger partial charge in [-0.25, -0.2) is 4.98 Å². The summed E-state index contributed by atoms with van der Waals surface area (Å²) in [5.74, 6) is 2.18. The molecule has 0 amide bonds. The molecule has 1 heterocycles. The Morgan fingerprint density at radius 3 is 2.84 bits per heavy atom. The van der Waals surface area contributed by atoms with Crippen molar-refractivity contribution in [3.8, 4) is 0 Å². The monoisotopic (exact) mass is 278 g/mol. The highest BCUT2D eigenvalue weighted by Crippen LogP contribution is 2.31. The summed E-state index contributed by atoms with van der Waals surface area (Å²) in [5, 5.41) is 4.66. The molecule has 0 radical (unpaired) electrons. The largest absolute Gasteiger partial charge is 0.313 e. The first kappa shape index (κ1) is 14.9. The Labute approximate surface area is 121 Å². The Bertz CT molecular complexity index is 386. The van der Waals surface area contributed by atoms with Crippen LogP contribution in [0.3, 0.4) is 0 Å². The van der Waals surface area contributed by atoms with Crippen molar-refractivity contribution in [2.45, 2.75) is 57.5 Å². The van der Waals surface area contributed by atoms with Crippen molar-refractivity contribution in [3.05, 3.63) is 23.4 Å². The van der Waals surface area contributed by atoms with Gasteiger partial charge < -0.3 is 5.32 Å². The van der Waals surface area contributed by atoms with Crippen LogP contribution in [0.2, 0.25) is 0 Å². The highest BCUT2D eigenvalue weighted by atomic mass is 32.2. The van der Waals surface area contributed by atoms with Crippen molar-refractivity contribution in [1.82, 2.24) is 10.3 Å². The third kappa shape index (κ3) is 4.81. The standard InChI is InChI=1S/C16H26N2S/c1-3-8-17-10-15-9-13(2)16(18-11-15)19-12-14-6-4-5-7-14/h9,11,14,17H,3-8,10,12H2,1-2H3. The highest BCUT2D eigenvalue weighted by molar-refractivity contribution is 7.99. The van der Waals surface area contributed by atoms with Gasteiger partial charge in [0.15, 0.2) is 0 Å². The van der Waals surface area contributed by atoms with E-state index in [0.29, 0.717) is 0 Å². The summed E-state index contributed by atoms with van der Waals surface area (Å²) in [6.07, 6.45) is 8.92. The summed E-state index contributed by atoms with van der Waals surface area (Å²) < 4.78 is 0. The minimum atomic E-state index is 0.928. The molecule has 1 aliphatic carbocycles. The van der Waals surface area contributed by atoms with Crippen LogP contribution >= 0.6 is 11.8 Å². The normalized spacial score (nSPS) is 16.1. The number of hydrogen-bond acceptors (Lipinski definition) is 3. The first-order valence-electron chi connectivity index (χ1n) is 7.58. The van der Waals surface area contributed by atoms with E-state index in [1.54, 1.807) is 0 Å². The minimum Gasteiger partial charge on any atom is -0.313 e. The van der Waals surface area contributed by atoms with E-state index in [4.69, 9.17) is 0 Å². The predicted octanol–water partition coefficient (Wildman–Crippen LogP) is 4.17. The van der Waals surface area contributed by atoms with Gasteiger partial charge in [-0.1, -0.05) is 25.8 Å². The second-order valence-corrected chi connectivity index (χ2v) is 6.61. The van der Waals surface area contributed by atoms with E-state index in [2.05, 4.69) is 30.2 Å². The van der Waals surface area contributed by atoms with Gasteiger partial charge in [0.1, 0.15) is 0 Å². The zero-order valence-electron chi connectivity index (χ0n) is 12.2. The van der Waals surface area contributed by atoms with Crippen molar-refractivity contribution in [3.63, 3.8) is 0 Å². The minimum absolute atomic E-state index is 0.928. The lowest BCUT2D eigenvalue weighted by Crippen LogP contribution is -2.14. The number of pyridine rings is 1. The molecule has 1 fully saturated rings. The van der Waals surface area contributed by atoms with Crippen LogP contribution in [-0.4, -0.2) is 17.3 Å². The lowest BCUT2D eigenvalue weighted by atomic mass is 10.1. The molecule has 1 aromatic heterocycles. The second kappa shape index (κ2) is 7.91. The Morgan fingerprint density at radius 2 is 2.16 bits per heavy atom. The molecule has 0 spiro atoms. The molecule has 2 nitrogen and oxygen atoms in total. The quantitative estimate of drug-likeness (QED) is 0.598. The fourth-order valence-electron chi connectivity index (χ4n) is 2.65. The Morgan fingerprint density at radius 1 is 1.37 bits per heavy atom. The SMILES string of the molecule is CCCNCc1cnc(SCC2CCCC2)c(C)c1.